The minimum absolute atomic E-state index is 0.0276. The summed E-state index contributed by atoms with van der Waals surface area (Å²) in [7, 11) is 0. The van der Waals surface area contributed by atoms with Crippen molar-refractivity contribution < 1.29 is 27.5 Å². The third kappa shape index (κ3) is 5.43. The molecule has 1 saturated carbocycles. The van der Waals surface area contributed by atoms with Crippen LogP contribution in [0, 0.1) is 11.7 Å². The topological polar surface area (TPSA) is 81.6 Å². The van der Waals surface area contributed by atoms with Gasteiger partial charge < -0.3 is 20.2 Å². The molecule has 2 N–H and O–H groups in total. The first-order valence-electron chi connectivity index (χ1n) is 12.8. The van der Waals surface area contributed by atoms with E-state index in [1.54, 1.807) is 4.90 Å². The Hall–Kier alpha value is -2.79. The molecule has 2 fully saturated rings. The average molecular weight is 522 g/mol. The van der Waals surface area contributed by atoms with Crippen LogP contribution in [-0.4, -0.2) is 65.2 Å². The van der Waals surface area contributed by atoms with Crippen LogP contribution in [0.3, 0.4) is 0 Å². The van der Waals surface area contributed by atoms with E-state index in [1.807, 2.05) is 6.92 Å². The maximum atomic E-state index is 14.9. The molecule has 3 aliphatic rings. The molecule has 37 heavy (non-hydrogen) atoms. The monoisotopic (exact) mass is 521 g/mol. The van der Waals surface area contributed by atoms with E-state index < -0.39 is 29.6 Å². The molecule has 2 aromatic rings. The average Bonchev–Trinajstić information content (AvgIpc) is 3.65. The van der Waals surface area contributed by atoms with Crippen LogP contribution in [0.25, 0.3) is 0 Å². The molecule has 0 radical (unpaired) electrons. The van der Waals surface area contributed by atoms with Crippen molar-refractivity contribution in [1.29, 1.82) is 0 Å². The van der Waals surface area contributed by atoms with Gasteiger partial charge in [-0.05, 0) is 49.8 Å². The number of nitrogens with zero attached hydrogens (tertiary/aromatic N) is 4. The SMILES string of the molecule is C[C@@H]1C[C@@H](O)c2ncnc(N3CCN(C(=O)C(CNCC4CC4)c4ccc(C(F)(F)F)cc4F)CC3)c21. The Morgan fingerprint density at radius 3 is 2.57 bits per heavy atom. The van der Waals surface area contributed by atoms with Gasteiger partial charge in [0.05, 0.1) is 23.3 Å². The van der Waals surface area contributed by atoms with Crippen molar-refractivity contribution in [2.24, 2.45) is 5.92 Å². The molecule has 2 heterocycles. The second kappa shape index (κ2) is 10.2. The van der Waals surface area contributed by atoms with Crippen LogP contribution in [0.1, 0.15) is 66.5 Å². The normalized spacial score (nSPS) is 22.8. The first kappa shape index (κ1) is 25.8. The number of nitrogens with one attached hydrogen (secondary N) is 1. The Bertz CT molecular complexity index is 1150. The molecule has 1 aliphatic heterocycles. The minimum atomic E-state index is -4.66. The van der Waals surface area contributed by atoms with Crippen LogP contribution in [0.4, 0.5) is 23.4 Å². The summed E-state index contributed by atoms with van der Waals surface area (Å²) in [5.41, 5.74) is 0.482. The fourth-order valence-electron chi connectivity index (χ4n) is 5.38. The van der Waals surface area contributed by atoms with E-state index in [-0.39, 0.29) is 23.9 Å². The van der Waals surface area contributed by atoms with Gasteiger partial charge in [0, 0.05) is 43.9 Å². The van der Waals surface area contributed by atoms with Crippen molar-refractivity contribution >= 4 is 11.7 Å². The predicted octanol–water partition coefficient (Wildman–Crippen LogP) is 3.61. The summed E-state index contributed by atoms with van der Waals surface area (Å²) in [6.45, 7) is 4.62. The van der Waals surface area contributed by atoms with Crippen molar-refractivity contribution in [2.45, 2.75) is 50.3 Å². The third-order valence-corrected chi connectivity index (χ3v) is 7.65. The highest BCUT2D eigenvalue weighted by Crippen LogP contribution is 2.43. The highest BCUT2D eigenvalue weighted by atomic mass is 19.4. The molecule has 11 heteroatoms. The molecule has 7 nitrogen and oxygen atoms in total. The quantitative estimate of drug-likeness (QED) is 0.542. The van der Waals surface area contributed by atoms with E-state index in [0.717, 1.165) is 36.4 Å². The Kier molecular flexibility index (Phi) is 7.10. The van der Waals surface area contributed by atoms with Crippen LogP contribution >= 0.6 is 0 Å². The van der Waals surface area contributed by atoms with Gasteiger partial charge in [0.2, 0.25) is 5.91 Å². The van der Waals surface area contributed by atoms with E-state index in [2.05, 4.69) is 20.2 Å². The summed E-state index contributed by atoms with van der Waals surface area (Å²) in [4.78, 5) is 26.0. The molecule has 1 amide bonds. The zero-order valence-electron chi connectivity index (χ0n) is 20.6. The zero-order chi connectivity index (χ0) is 26.3. The molecule has 1 aromatic heterocycles. The van der Waals surface area contributed by atoms with Crippen LogP contribution in [0.2, 0.25) is 0 Å². The van der Waals surface area contributed by atoms with E-state index in [0.29, 0.717) is 56.8 Å². The molecule has 3 atom stereocenters. The molecule has 2 aliphatic carbocycles. The summed E-state index contributed by atoms with van der Waals surface area (Å²) >= 11 is 0. The van der Waals surface area contributed by atoms with Gasteiger partial charge in [0.1, 0.15) is 18.0 Å². The van der Waals surface area contributed by atoms with Crippen LogP contribution in [0.5, 0.6) is 0 Å². The second-order valence-corrected chi connectivity index (χ2v) is 10.3. The molecule has 1 unspecified atom stereocenters. The fraction of sp³-hybridized carbons (Fsp3) is 0.577. The predicted molar refractivity (Wildman–Crippen MR) is 129 cm³/mol. The van der Waals surface area contributed by atoms with Crippen molar-refractivity contribution in [2.75, 3.05) is 44.2 Å². The largest absolute Gasteiger partial charge is 0.416 e. The summed E-state index contributed by atoms with van der Waals surface area (Å²) in [5.74, 6) is -0.844. The Morgan fingerprint density at radius 2 is 1.92 bits per heavy atom. The molecular formula is C26H31F4N5O2. The van der Waals surface area contributed by atoms with Crippen LogP contribution in [-0.2, 0) is 11.0 Å². The molecule has 1 saturated heterocycles. The van der Waals surface area contributed by atoms with Crippen LogP contribution < -0.4 is 10.2 Å². The Morgan fingerprint density at radius 1 is 1.19 bits per heavy atom. The number of carbonyl (C=O) groups is 1. The first-order valence-corrected chi connectivity index (χ1v) is 12.8. The number of hydrogen-bond acceptors (Lipinski definition) is 6. The third-order valence-electron chi connectivity index (χ3n) is 7.65. The number of halogens is 4. The zero-order valence-corrected chi connectivity index (χ0v) is 20.6. The number of amides is 1. The summed E-state index contributed by atoms with van der Waals surface area (Å²) in [6, 6.07) is 2.40. The van der Waals surface area contributed by atoms with Crippen LogP contribution in [0.15, 0.2) is 24.5 Å². The minimum Gasteiger partial charge on any atom is -0.387 e. The molecular weight excluding hydrogens is 490 g/mol. The van der Waals surface area contributed by atoms with Gasteiger partial charge in [-0.3, -0.25) is 4.79 Å². The molecule has 5 rings (SSSR count). The van der Waals surface area contributed by atoms with Crippen molar-refractivity contribution in [3.63, 3.8) is 0 Å². The number of anilines is 1. The summed E-state index contributed by atoms with van der Waals surface area (Å²) < 4.78 is 54.1. The van der Waals surface area contributed by atoms with Gasteiger partial charge in [-0.2, -0.15) is 13.2 Å². The van der Waals surface area contributed by atoms with Gasteiger partial charge in [-0.1, -0.05) is 13.0 Å². The maximum Gasteiger partial charge on any atom is 0.416 e. The lowest BCUT2D eigenvalue weighted by Gasteiger charge is -2.38. The van der Waals surface area contributed by atoms with Gasteiger partial charge in [-0.25, -0.2) is 14.4 Å². The highest BCUT2D eigenvalue weighted by molar-refractivity contribution is 5.84. The van der Waals surface area contributed by atoms with Gasteiger partial charge in [0.25, 0.3) is 0 Å². The maximum absolute atomic E-state index is 14.9. The fourth-order valence-corrected chi connectivity index (χ4v) is 5.38. The highest BCUT2D eigenvalue weighted by Gasteiger charge is 2.37. The molecule has 200 valence electrons. The number of rotatable bonds is 7. The Labute approximate surface area is 212 Å². The molecule has 1 aromatic carbocycles. The number of fused-ring (bicyclic) bond motifs is 1. The van der Waals surface area contributed by atoms with Gasteiger partial charge in [0.15, 0.2) is 0 Å². The second-order valence-electron chi connectivity index (χ2n) is 10.3. The number of benzene rings is 1. The van der Waals surface area contributed by atoms with Crippen molar-refractivity contribution in [1.82, 2.24) is 20.2 Å². The van der Waals surface area contributed by atoms with Crippen molar-refractivity contribution in [3.8, 4) is 0 Å². The van der Waals surface area contributed by atoms with Gasteiger partial charge in [-0.15, -0.1) is 0 Å². The Balaban J connectivity index is 1.31. The van der Waals surface area contributed by atoms with E-state index >= 15 is 0 Å². The smallest absolute Gasteiger partial charge is 0.387 e. The van der Waals surface area contributed by atoms with Crippen molar-refractivity contribution in [3.05, 3.63) is 52.7 Å². The lowest BCUT2D eigenvalue weighted by molar-refractivity contribution is -0.137. The van der Waals surface area contributed by atoms with E-state index in [9.17, 15) is 27.5 Å². The lowest BCUT2D eigenvalue weighted by atomic mass is 9.95. The number of hydrogen-bond donors (Lipinski definition) is 2. The number of aliphatic hydroxyl groups is 1. The summed E-state index contributed by atoms with van der Waals surface area (Å²) in [5, 5.41) is 13.5. The standard InChI is InChI=1S/C26H31F4N5O2/c1-15-10-21(36)23-22(15)24(33-14-32-23)34-6-8-35(9-7-34)25(37)19(13-31-12-16-2-3-16)18-5-4-17(11-20(18)27)26(28,29)30/h4-5,11,14-16,19,21,31,36H,2-3,6-10,12-13H2,1H3/t15-,19?,21-/m1/s1. The molecule has 0 spiro atoms. The number of piperazine rings is 1. The van der Waals surface area contributed by atoms with Gasteiger partial charge >= 0.3 is 6.18 Å². The van der Waals surface area contributed by atoms with E-state index in [1.165, 1.54) is 6.33 Å². The number of carbonyl (C=O) groups excluding carboxylic acids is 1. The first-order chi connectivity index (χ1) is 17.6. The number of alkyl halides is 3. The number of aliphatic hydroxyl groups excluding tert-OH is 1. The number of aromatic nitrogens is 2. The molecule has 0 bridgehead atoms. The van der Waals surface area contributed by atoms with E-state index in [4.69, 9.17) is 0 Å². The summed E-state index contributed by atoms with van der Waals surface area (Å²) in [6.07, 6.45) is -1.03. The lowest BCUT2D eigenvalue weighted by Crippen LogP contribution is -2.51.